The van der Waals surface area contributed by atoms with Crippen molar-refractivity contribution in [1.82, 2.24) is 9.29 Å². The van der Waals surface area contributed by atoms with Gasteiger partial charge in [0.2, 0.25) is 10.0 Å². The van der Waals surface area contributed by atoms with Crippen LogP contribution in [0.1, 0.15) is 5.56 Å². The van der Waals surface area contributed by atoms with Crippen LogP contribution in [0.4, 0.5) is 4.39 Å². The number of hydrogen-bond acceptors (Lipinski definition) is 3. The number of rotatable bonds is 4. The molecular weight excluding hydrogens is 463 g/mol. The number of sulfonamides is 1. The lowest BCUT2D eigenvalue weighted by Crippen LogP contribution is -2.40. The van der Waals surface area contributed by atoms with Crippen LogP contribution in [0.3, 0.4) is 0 Å². The first kappa shape index (κ1) is 22.1. The largest absolute Gasteiger partial charge is 0.379 e. The van der Waals surface area contributed by atoms with Crippen LogP contribution in [0.5, 0.6) is 0 Å². The summed E-state index contributed by atoms with van der Waals surface area (Å²) < 4.78 is 47.1. The summed E-state index contributed by atoms with van der Waals surface area (Å²) in [5, 5.41) is 1.25. The van der Waals surface area contributed by atoms with Gasteiger partial charge in [-0.3, -0.25) is 0 Å². The van der Waals surface area contributed by atoms with E-state index in [4.69, 9.17) is 16.3 Å². The zero-order valence-electron chi connectivity index (χ0n) is 17.9. The number of halogens is 2. The molecule has 1 N–H and O–H groups in total. The molecule has 5 rings (SSSR count). The highest BCUT2D eigenvalue weighted by molar-refractivity contribution is 7.89. The second kappa shape index (κ2) is 8.57. The highest BCUT2D eigenvalue weighted by atomic mass is 35.5. The smallest absolute Gasteiger partial charge is 0.243 e. The highest BCUT2D eigenvalue weighted by Gasteiger charge is 2.26. The van der Waals surface area contributed by atoms with Crippen molar-refractivity contribution in [3.05, 3.63) is 77.1 Å². The zero-order valence-corrected chi connectivity index (χ0v) is 19.5. The van der Waals surface area contributed by atoms with Gasteiger partial charge in [0.1, 0.15) is 5.82 Å². The number of morpholine rings is 1. The van der Waals surface area contributed by atoms with E-state index in [0.717, 1.165) is 27.6 Å². The molecule has 0 unspecified atom stereocenters. The Labute approximate surface area is 196 Å². The average Bonchev–Trinajstić information content (AvgIpc) is 3.22. The van der Waals surface area contributed by atoms with Gasteiger partial charge in [0.05, 0.1) is 34.4 Å². The summed E-state index contributed by atoms with van der Waals surface area (Å²) in [6, 6.07) is 17.6. The van der Waals surface area contributed by atoms with Crippen molar-refractivity contribution in [3.8, 4) is 22.4 Å². The third kappa shape index (κ3) is 4.06. The van der Waals surface area contributed by atoms with Crippen LogP contribution in [0.25, 0.3) is 33.3 Å². The summed E-state index contributed by atoms with van der Waals surface area (Å²) in [5.41, 5.74) is 4.54. The second-order valence-corrected chi connectivity index (χ2v) is 10.4. The lowest BCUT2D eigenvalue weighted by atomic mass is 9.99. The molecule has 1 aromatic heterocycles. The molecule has 33 heavy (non-hydrogen) atoms. The van der Waals surface area contributed by atoms with Gasteiger partial charge in [-0.2, -0.15) is 4.31 Å². The fraction of sp³-hybridized carbons (Fsp3) is 0.200. The van der Waals surface area contributed by atoms with Crippen molar-refractivity contribution in [2.45, 2.75) is 11.8 Å². The van der Waals surface area contributed by atoms with Crippen LogP contribution < -0.4 is 0 Å². The summed E-state index contributed by atoms with van der Waals surface area (Å²) in [7, 11) is -3.55. The molecule has 3 aromatic carbocycles. The van der Waals surface area contributed by atoms with Crippen molar-refractivity contribution in [2.75, 3.05) is 26.3 Å². The third-order valence-electron chi connectivity index (χ3n) is 5.97. The van der Waals surface area contributed by atoms with E-state index >= 15 is 0 Å². The molecule has 1 aliphatic rings. The molecule has 1 aliphatic heterocycles. The molecule has 0 radical (unpaired) electrons. The van der Waals surface area contributed by atoms with Crippen LogP contribution in [-0.2, 0) is 14.8 Å². The molecule has 0 aliphatic carbocycles. The SMILES string of the molecule is Cc1cc(S(=O)(=O)N2CCOCC2)ccc1-c1ccc2[nH]c(-c3c(F)cccc3Cl)cc2c1. The molecule has 5 nitrogen and oxygen atoms in total. The summed E-state index contributed by atoms with van der Waals surface area (Å²) in [4.78, 5) is 3.51. The van der Waals surface area contributed by atoms with Crippen molar-refractivity contribution < 1.29 is 17.5 Å². The first-order valence-corrected chi connectivity index (χ1v) is 12.4. The standard InChI is InChI=1S/C25H22ClFN2O3S/c1-16-13-19(33(30,31)29-9-11-32-12-10-29)6-7-20(16)17-5-8-23-18(14-17)15-24(28-23)25-21(26)3-2-4-22(25)27/h2-8,13-15,28H,9-12H2,1H3. The number of aromatic nitrogens is 1. The van der Waals surface area contributed by atoms with Crippen LogP contribution in [0.2, 0.25) is 5.02 Å². The normalized spacial score (nSPS) is 15.2. The Morgan fingerprint density at radius 2 is 1.82 bits per heavy atom. The Hall–Kier alpha value is -2.71. The Balaban J connectivity index is 1.50. The molecule has 0 bridgehead atoms. The molecule has 0 spiro atoms. The van der Waals surface area contributed by atoms with Crippen LogP contribution in [0.15, 0.2) is 65.6 Å². The number of aromatic amines is 1. The number of fused-ring (bicyclic) bond motifs is 1. The Bertz CT molecular complexity index is 1440. The number of benzene rings is 3. The summed E-state index contributed by atoms with van der Waals surface area (Å²) in [5.74, 6) is -0.387. The maximum atomic E-state index is 14.4. The van der Waals surface area contributed by atoms with Gasteiger partial charge in [0.25, 0.3) is 0 Å². The topological polar surface area (TPSA) is 62.4 Å². The van der Waals surface area contributed by atoms with Crippen molar-refractivity contribution >= 4 is 32.5 Å². The van der Waals surface area contributed by atoms with E-state index in [9.17, 15) is 12.8 Å². The van der Waals surface area contributed by atoms with Gasteiger partial charge in [-0.05, 0) is 66.1 Å². The van der Waals surface area contributed by atoms with E-state index in [1.165, 1.54) is 10.4 Å². The highest BCUT2D eigenvalue weighted by Crippen LogP contribution is 2.34. The molecule has 4 aromatic rings. The lowest BCUT2D eigenvalue weighted by Gasteiger charge is -2.26. The fourth-order valence-corrected chi connectivity index (χ4v) is 6.00. The predicted octanol–water partition coefficient (Wildman–Crippen LogP) is 5.62. The van der Waals surface area contributed by atoms with Gasteiger partial charge >= 0.3 is 0 Å². The van der Waals surface area contributed by atoms with Gasteiger partial charge in [0, 0.05) is 24.0 Å². The van der Waals surface area contributed by atoms with Crippen LogP contribution in [-0.4, -0.2) is 44.0 Å². The summed E-state index contributed by atoms with van der Waals surface area (Å²) in [6.45, 7) is 3.45. The first-order valence-electron chi connectivity index (χ1n) is 10.6. The molecular formula is C25H22ClFN2O3S. The minimum atomic E-state index is -3.55. The fourth-order valence-electron chi connectivity index (χ4n) is 4.25. The molecule has 8 heteroatoms. The van der Waals surface area contributed by atoms with Crippen molar-refractivity contribution in [3.63, 3.8) is 0 Å². The number of hydrogen-bond donors (Lipinski definition) is 1. The Morgan fingerprint density at radius 1 is 1.03 bits per heavy atom. The van der Waals surface area contributed by atoms with Crippen molar-refractivity contribution in [1.29, 1.82) is 0 Å². The monoisotopic (exact) mass is 484 g/mol. The zero-order chi connectivity index (χ0) is 23.2. The van der Waals surface area contributed by atoms with Crippen LogP contribution in [0, 0.1) is 12.7 Å². The van der Waals surface area contributed by atoms with E-state index in [0.29, 0.717) is 42.6 Å². The molecule has 170 valence electrons. The van der Waals surface area contributed by atoms with Crippen LogP contribution >= 0.6 is 11.6 Å². The van der Waals surface area contributed by atoms with E-state index in [2.05, 4.69) is 4.98 Å². The maximum absolute atomic E-state index is 14.4. The Morgan fingerprint density at radius 3 is 2.55 bits per heavy atom. The van der Waals surface area contributed by atoms with E-state index in [1.54, 1.807) is 24.3 Å². The van der Waals surface area contributed by atoms with Gasteiger partial charge < -0.3 is 9.72 Å². The Kier molecular flexibility index (Phi) is 5.74. The third-order valence-corrected chi connectivity index (χ3v) is 8.18. The minimum absolute atomic E-state index is 0.282. The van der Waals surface area contributed by atoms with E-state index in [1.807, 2.05) is 37.3 Å². The quantitative estimate of drug-likeness (QED) is 0.408. The lowest BCUT2D eigenvalue weighted by molar-refractivity contribution is 0.0730. The van der Waals surface area contributed by atoms with E-state index in [-0.39, 0.29) is 10.7 Å². The number of nitrogens with one attached hydrogen (secondary N) is 1. The van der Waals surface area contributed by atoms with Gasteiger partial charge in [-0.15, -0.1) is 0 Å². The molecule has 1 saturated heterocycles. The number of nitrogens with zero attached hydrogens (tertiary/aromatic N) is 1. The molecule has 0 saturated carbocycles. The molecule has 0 amide bonds. The van der Waals surface area contributed by atoms with Gasteiger partial charge in [-0.25, -0.2) is 12.8 Å². The van der Waals surface area contributed by atoms with Gasteiger partial charge in [-0.1, -0.05) is 29.8 Å². The van der Waals surface area contributed by atoms with Crippen molar-refractivity contribution in [2.24, 2.45) is 0 Å². The molecule has 1 fully saturated rings. The summed E-state index contributed by atoms with van der Waals surface area (Å²) in [6.07, 6.45) is 0. The minimum Gasteiger partial charge on any atom is -0.379 e. The predicted molar refractivity (Wildman–Crippen MR) is 128 cm³/mol. The van der Waals surface area contributed by atoms with Gasteiger partial charge in [0.15, 0.2) is 0 Å². The van der Waals surface area contributed by atoms with E-state index < -0.39 is 10.0 Å². The summed E-state index contributed by atoms with van der Waals surface area (Å²) >= 11 is 6.23. The number of ether oxygens (including phenoxy) is 1. The first-order chi connectivity index (χ1) is 15.8. The molecule has 2 heterocycles. The average molecular weight is 485 g/mol. The maximum Gasteiger partial charge on any atom is 0.243 e. The molecule has 0 atom stereocenters. The second-order valence-electron chi connectivity index (χ2n) is 8.07. The number of aryl methyl sites for hydroxylation is 1. The number of H-pyrrole nitrogens is 1.